The summed E-state index contributed by atoms with van der Waals surface area (Å²) in [5.41, 5.74) is 2.53. The molecular formula is C11H13N3O. The molecule has 0 radical (unpaired) electrons. The van der Waals surface area contributed by atoms with Crippen molar-refractivity contribution >= 4 is 0 Å². The van der Waals surface area contributed by atoms with E-state index in [0.717, 1.165) is 11.4 Å². The first kappa shape index (κ1) is 9.86. The monoisotopic (exact) mass is 203 g/mol. The molecule has 0 aliphatic rings. The second kappa shape index (κ2) is 3.82. The summed E-state index contributed by atoms with van der Waals surface area (Å²) in [5, 5.41) is 13.6. The molecule has 0 bridgehead atoms. The number of aryl methyl sites for hydroxylation is 1. The fourth-order valence-electron chi connectivity index (χ4n) is 1.34. The minimum Gasteiger partial charge on any atom is -0.387 e. The Labute approximate surface area is 88.2 Å². The summed E-state index contributed by atoms with van der Waals surface area (Å²) in [6.07, 6.45) is 3.06. The number of pyridine rings is 1. The Kier molecular flexibility index (Phi) is 2.51. The SMILES string of the molecule is Cc1ccn(-c2ccc([C@@H](C)O)nc2)n1. The van der Waals surface area contributed by atoms with Crippen LogP contribution in [0.25, 0.3) is 5.69 Å². The van der Waals surface area contributed by atoms with Gasteiger partial charge in [-0.25, -0.2) is 4.68 Å². The highest BCUT2D eigenvalue weighted by Gasteiger charge is 2.03. The van der Waals surface area contributed by atoms with Crippen molar-refractivity contribution in [2.45, 2.75) is 20.0 Å². The number of aliphatic hydroxyl groups is 1. The average Bonchev–Trinajstić information content (AvgIpc) is 2.65. The minimum absolute atomic E-state index is 0.529. The van der Waals surface area contributed by atoms with Gasteiger partial charge in [-0.2, -0.15) is 5.10 Å². The molecule has 0 aromatic carbocycles. The summed E-state index contributed by atoms with van der Waals surface area (Å²) in [7, 11) is 0. The Bertz CT molecular complexity index is 445. The van der Waals surface area contributed by atoms with E-state index < -0.39 is 6.10 Å². The molecule has 2 aromatic heterocycles. The predicted octanol–water partition coefficient (Wildman–Crippen LogP) is 1.63. The van der Waals surface area contributed by atoms with Crippen LogP contribution in [0.1, 0.15) is 24.4 Å². The Morgan fingerprint density at radius 2 is 2.13 bits per heavy atom. The van der Waals surface area contributed by atoms with Crippen LogP contribution in [-0.2, 0) is 0 Å². The van der Waals surface area contributed by atoms with Crippen molar-refractivity contribution in [2.75, 3.05) is 0 Å². The molecule has 1 N–H and O–H groups in total. The molecule has 15 heavy (non-hydrogen) atoms. The molecule has 0 spiro atoms. The lowest BCUT2D eigenvalue weighted by molar-refractivity contribution is 0.194. The molecule has 4 heteroatoms. The molecular weight excluding hydrogens is 190 g/mol. The second-order valence-corrected chi connectivity index (χ2v) is 3.52. The van der Waals surface area contributed by atoms with Crippen LogP contribution in [0.5, 0.6) is 0 Å². The molecule has 2 rings (SSSR count). The van der Waals surface area contributed by atoms with Gasteiger partial charge in [0.15, 0.2) is 0 Å². The highest BCUT2D eigenvalue weighted by atomic mass is 16.3. The van der Waals surface area contributed by atoms with Gasteiger partial charge in [0.05, 0.1) is 29.4 Å². The Morgan fingerprint density at radius 1 is 1.33 bits per heavy atom. The van der Waals surface area contributed by atoms with Crippen LogP contribution in [0.2, 0.25) is 0 Å². The van der Waals surface area contributed by atoms with E-state index in [4.69, 9.17) is 0 Å². The first-order valence-electron chi connectivity index (χ1n) is 4.83. The van der Waals surface area contributed by atoms with E-state index in [9.17, 15) is 5.11 Å². The third-order valence-corrected chi connectivity index (χ3v) is 2.19. The summed E-state index contributed by atoms with van der Waals surface area (Å²) in [4.78, 5) is 4.15. The van der Waals surface area contributed by atoms with Crippen LogP contribution in [-0.4, -0.2) is 19.9 Å². The zero-order valence-corrected chi connectivity index (χ0v) is 8.75. The molecule has 0 unspecified atom stereocenters. The standard InChI is InChI=1S/C11H13N3O/c1-8-5-6-14(13-8)10-3-4-11(9(2)15)12-7-10/h3-7,9,15H,1-2H3/t9-/m1/s1. The maximum Gasteiger partial charge on any atom is 0.0931 e. The molecule has 78 valence electrons. The van der Waals surface area contributed by atoms with Gasteiger partial charge in [-0.1, -0.05) is 0 Å². The van der Waals surface area contributed by atoms with Gasteiger partial charge in [-0.05, 0) is 32.0 Å². The fraction of sp³-hybridized carbons (Fsp3) is 0.273. The van der Waals surface area contributed by atoms with E-state index in [0.29, 0.717) is 5.69 Å². The van der Waals surface area contributed by atoms with Crippen molar-refractivity contribution in [1.29, 1.82) is 0 Å². The highest BCUT2D eigenvalue weighted by molar-refractivity contribution is 5.29. The van der Waals surface area contributed by atoms with Gasteiger partial charge >= 0.3 is 0 Å². The van der Waals surface area contributed by atoms with Crippen molar-refractivity contribution in [1.82, 2.24) is 14.8 Å². The van der Waals surface area contributed by atoms with Crippen LogP contribution in [0, 0.1) is 6.92 Å². The molecule has 0 aliphatic heterocycles. The molecule has 1 atom stereocenters. The number of aromatic nitrogens is 3. The van der Waals surface area contributed by atoms with E-state index in [2.05, 4.69) is 10.1 Å². The van der Waals surface area contributed by atoms with E-state index in [1.165, 1.54) is 0 Å². The molecule has 0 saturated carbocycles. The molecule has 4 nitrogen and oxygen atoms in total. The maximum absolute atomic E-state index is 9.30. The lowest BCUT2D eigenvalue weighted by atomic mass is 10.2. The summed E-state index contributed by atoms with van der Waals surface area (Å²) in [6, 6.07) is 5.63. The van der Waals surface area contributed by atoms with Gasteiger partial charge in [0.1, 0.15) is 0 Å². The van der Waals surface area contributed by atoms with Gasteiger partial charge in [-0.15, -0.1) is 0 Å². The van der Waals surface area contributed by atoms with Gasteiger partial charge in [0.25, 0.3) is 0 Å². The molecule has 0 fully saturated rings. The van der Waals surface area contributed by atoms with E-state index in [-0.39, 0.29) is 0 Å². The van der Waals surface area contributed by atoms with Crippen LogP contribution in [0.15, 0.2) is 30.6 Å². The summed E-state index contributed by atoms with van der Waals surface area (Å²) < 4.78 is 1.76. The Hall–Kier alpha value is -1.68. The first-order chi connectivity index (χ1) is 7.16. The Morgan fingerprint density at radius 3 is 2.60 bits per heavy atom. The van der Waals surface area contributed by atoms with Crippen LogP contribution in [0.4, 0.5) is 0 Å². The highest BCUT2D eigenvalue weighted by Crippen LogP contribution is 2.11. The van der Waals surface area contributed by atoms with E-state index >= 15 is 0 Å². The van der Waals surface area contributed by atoms with Gasteiger partial charge in [0, 0.05) is 6.20 Å². The van der Waals surface area contributed by atoms with Crippen LogP contribution in [0.3, 0.4) is 0 Å². The van der Waals surface area contributed by atoms with Crippen molar-refractivity contribution in [3.63, 3.8) is 0 Å². The second-order valence-electron chi connectivity index (χ2n) is 3.52. The predicted molar refractivity (Wildman–Crippen MR) is 56.7 cm³/mol. The quantitative estimate of drug-likeness (QED) is 0.807. The van der Waals surface area contributed by atoms with E-state index in [1.807, 2.05) is 25.3 Å². The third-order valence-electron chi connectivity index (χ3n) is 2.19. The largest absolute Gasteiger partial charge is 0.387 e. The van der Waals surface area contributed by atoms with Gasteiger partial charge < -0.3 is 5.11 Å². The molecule has 0 amide bonds. The fourth-order valence-corrected chi connectivity index (χ4v) is 1.34. The lowest BCUT2D eigenvalue weighted by Crippen LogP contribution is -1.99. The van der Waals surface area contributed by atoms with Crippen molar-refractivity contribution in [3.8, 4) is 5.69 Å². The van der Waals surface area contributed by atoms with Gasteiger partial charge in [0.2, 0.25) is 0 Å². The molecule has 0 saturated heterocycles. The number of hydrogen-bond acceptors (Lipinski definition) is 3. The first-order valence-corrected chi connectivity index (χ1v) is 4.83. The molecule has 2 aromatic rings. The van der Waals surface area contributed by atoms with Crippen LogP contribution < -0.4 is 0 Å². The topological polar surface area (TPSA) is 50.9 Å². The van der Waals surface area contributed by atoms with Crippen molar-refractivity contribution in [2.24, 2.45) is 0 Å². The summed E-state index contributed by atoms with van der Waals surface area (Å²) in [5.74, 6) is 0. The summed E-state index contributed by atoms with van der Waals surface area (Å²) >= 11 is 0. The lowest BCUT2D eigenvalue weighted by Gasteiger charge is -2.05. The number of aliphatic hydroxyl groups excluding tert-OH is 1. The molecule has 0 aliphatic carbocycles. The molecule has 2 heterocycles. The minimum atomic E-state index is -0.529. The van der Waals surface area contributed by atoms with Crippen LogP contribution >= 0.6 is 0 Å². The zero-order valence-electron chi connectivity index (χ0n) is 8.75. The van der Waals surface area contributed by atoms with E-state index in [1.54, 1.807) is 23.9 Å². The van der Waals surface area contributed by atoms with Crippen molar-refractivity contribution < 1.29 is 5.11 Å². The number of hydrogen-bond donors (Lipinski definition) is 1. The Balaban J connectivity index is 2.31. The smallest absolute Gasteiger partial charge is 0.0931 e. The van der Waals surface area contributed by atoms with Gasteiger partial charge in [-0.3, -0.25) is 4.98 Å². The summed E-state index contributed by atoms with van der Waals surface area (Å²) in [6.45, 7) is 3.63. The maximum atomic E-state index is 9.30. The normalized spacial score (nSPS) is 12.7. The zero-order chi connectivity index (χ0) is 10.8. The average molecular weight is 203 g/mol. The number of nitrogens with zero attached hydrogens (tertiary/aromatic N) is 3. The third kappa shape index (κ3) is 2.05. The number of rotatable bonds is 2. The van der Waals surface area contributed by atoms with Crippen molar-refractivity contribution in [3.05, 3.63) is 42.0 Å².